The summed E-state index contributed by atoms with van der Waals surface area (Å²) in [6.07, 6.45) is 0. The van der Waals surface area contributed by atoms with E-state index in [2.05, 4.69) is 0 Å². The van der Waals surface area contributed by atoms with E-state index in [0.29, 0.717) is 11.1 Å². The first-order chi connectivity index (χ1) is 9.49. The number of carbonyl (C=O) groups is 1. The van der Waals surface area contributed by atoms with E-state index in [1.807, 2.05) is 13.8 Å². The van der Waals surface area contributed by atoms with Crippen LogP contribution in [0.4, 0.5) is 0 Å². The van der Waals surface area contributed by atoms with E-state index in [9.17, 15) is 15.0 Å². The second kappa shape index (κ2) is 5.61. The van der Waals surface area contributed by atoms with Gasteiger partial charge in [0.05, 0.1) is 0 Å². The lowest BCUT2D eigenvalue weighted by molar-refractivity contribution is 0.0975. The third-order valence-electron chi connectivity index (χ3n) is 3.08. The first-order valence-corrected chi connectivity index (χ1v) is 6.29. The second-order valence-corrected chi connectivity index (χ2v) is 4.76. The van der Waals surface area contributed by atoms with Gasteiger partial charge in [-0.05, 0) is 13.8 Å². The normalized spacial score (nSPS) is 11.9. The molecule has 0 aliphatic carbocycles. The molecule has 0 atom stereocenters. The fraction of sp³-hybridized carbons (Fsp3) is 0.118. The lowest BCUT2D eigenvalue weighted by Gasteiger charge is -2.05. The summed E-state index contributed by atoms with van der Waals surface area (Å²) >= 11 is 0. The Morgan fingerprint density at radius 2 is 1.15 bits per heavy atom. The van der Waals surface area contributed by atoms with Crippen molar-refractivity contribution in [1.82, 2.24) is 0 Å². The molecule has 0 heterocycles. The van der Waals surface area contributed by atoms with E-state index >= 15 is 0 Å². The summed E-state index contributed by atoms with van der Waals surface area (Å²) < 4.78 is 0. The molecule has 0 aliphatic rings. The van der Waals surface area contributed by atoms with Gasteiger partial charge in [0.25, 0.3) is 0 Å². The van der Waals surface area contributed by atoms with Gasteiger partial charge in [-0.25, -0.2) is 0 Å². The van der Waals surface area contributed by atoms with Crippen molar-refractivity contribution in [3.8, 4) is 0 Å². The quantitative estimate of drug-likeness (QED) is 0.503. The maximum atomic E-state index is 12.1. The molecule has 0 aliphatic heterocycles. The molecule has 0 fully saturated rings. The van der Waals surface area contributed by atoms with E-state index in [1.54, 1.807) is 48.5 Å². The summed E-state index contributed by atoms with van der Waals surface area (Å²) in [5.41, 5.74) is 2.80. The SMILES string of the molecule is Cc1ccc(C(=O)/C(O)=C(\O)c2ccc(C)cc2)cc1. The van der Waals surface area contributed by atoms with Gasteiger partial charge in [0.15, 0.2) is 5.76 Å². The average molecular weight is 268 g/mol. The molecule has 2 N–H and O–H groups in total. The van der Waals surface area contributed by atoms with Crippen LogP contribution in [0.1, 0.15) is 27.0 Å². The van der Waals surface area contributed by atoms with Crippen molar-refractivity contribution in [2.75, 3.05) is 0 Å². The highest BCUT2D eigenvalue weighted by Gasteiger charge is 2.17. The molecule has 0 radical (unpaired) electrons. The Hall–Kier alpha value is -2.55. The van der Waals surface area contributed by atoms with Crippen molar-refractivity contribution >= 4 is 11.5 Å². The Morgan fingerprint density at radius 1 is 0.750 bits per heavy atom. The molecule has 3 heteroatoms. The van der Waals surface area contributed by atoms with Crippen LogP contribution in [0.15, 0.2) is 54.3 Å². The number of hydrogen-bond donors (Lipinski definition) is 2. The molecule has 3 nitrogen and oxygen atoms in total. The van der Waals surface area contributed by atoms with Gasteiger partial charge >= 0.3 is 0 Å². The van der Waals surface area contributed by atoms with Crippen molar-refractivity contribution < 1.29 is 15.0 Å². The summed E-state index contributed by atoms with van der Waals surface area (Å²) in [5, 5.41) is 19.9. The number of benzene rings is 2. The third kappa shape index (κ3) is 2.88. The van der Waals surface area contributed by atoms with Gasteiger partial charge in [0, 0.05) is 11.1 Å². The van der Waals surface area contributed by atoms with Crippen LogP contribution in [-0.2, 0) is 0 Å². The molecule has 0 saturated heterocycles. The maximum absolute atomic E-state index is 12.1. The molecular weight excluding hydrogens is 252 g/mol. The molecule has 20 heavy (non-hydrogen) atoms. The highest BCUT2D eigenvalue weighted by molar-refractivity contribution is 6.10. The first-order valence-electron chi connectivity index (χ1n) is 6.29. The summed E-state index contributed by atoms with van der Waals surface area (Å²) in [6, 6.07) is 13.7. The lowest BCUT2D eigenvalue weighted by atomic mass is 10.0. The lowest BCUT2D eigenvalue weighted by Crippen LogP contribution is -2.06. The Labute approximate surface area is 117 Å². The third-order valence-corrected chi connectivity index (χ3v) is 3.08. The van der Waals surface area contributed by atoms with E-state index in [4.69, 9.17) is 0 Å². The number of aliphatic hydroxyl groups is 2. The van der Waals surface area contributed by atoms with Crippen molar-refractivity contribution in [3.05, 3.63) is 76.5 Å². The van der Waals surface area contributed by atoms with Crippen LogP contribution >= 0.6 is 0 Å². The fourth-order valence-electron chi connectivity index (χ4n) is 1.80. The van der Waals surface area contributed by atoms with E-state index in [-0.39, 0.29) is 0 Å². The minimum atomic E-state index is -0.641. The molecule has 0 saturated carbocycles. The van der Waals surface area contributed by atoms with Crippen molar-refractivity contribution in [2.45, 2.75) is 13.8 Å². The predicted molar refractivity (Wildman–Crippen MR) is 78.9 cm³/mol. The smallest absolute Gasteiger partial charge is 0.231 e. The number of rotatable bonds is 3. The number of Topliss-reactive ketones (excluding diaryl/α,β-unsaturated/α-hetero) is 1. The van der Waals surface area contributed by atoms with E-state index in [0.717, 1.165) is 11.1 Å². The fourth-order valence-corrected chi connectivity index (χ4v) is 1.80. The minimum Gasteiger partial charge on any atom is -0.504 e. The summed E-state index contributed by atoms with van der Waals surface area (Å²) in [7, 11) is 0. The van der Waals surface area contributed by atoms with Crippen molar-refractivity contribution in [2.24, 2.45) is 0 Å². The van der Waals surface area contributed by atoms with Crippen LogP contribution in [-0.4, -0.2) is 16.0 Å². The molecular formula is C17H16O3. The van der Waals surface area contributed by atoms with Crippen LogP contribution in [0.25, 0.3) is 5.76 Å². The molecule has 0 amide bonds. The largest absolute Gasteiger partial charge is 0.504 e. The highest BCUT2D eigenvalue weighted by atomic mass is 16.3. The molecule has 0 aromatic heterocycles. The van der Waals surface area contributed by atoms with Crippen LogP contribution in [0.5, 0.6) is 0 Å². The van der Waals surface area contributed by atoms with Gasteiger partial charge in [-0.2, -0.15) is 0 Å². The van der Waals surface area contributed by atoms with Crippen LogP contribution in [0, 0.1) is 13.8 Å². The molecule has 2 aromatic rings. The molecule has 2 aromatic carbocycles. The average Bonchev–Trinajstić information content (AvgIpc) is 2.46. The second-order valence-electron chi connectivity index (χ2n) is 4.76. The zero-order valence-electron chi connectivity index (χ0n) is 11.4. The van der Waals surface area contributed by atoms with Crippen LogP contribution < -0.4 is 0 Å². The Kier molecular flexibility index (Phi) is 3.89. The highest BCUT2D eigenvalue weighted by Crippen LogP contribution is 2.18. The Balaban J connectivity index is 2.35. The van der Waals surface area contributed by atoms with Gasteiger partial charge < -0.3 is 10.2 Å². The number of carbonyl (C=O) groups excluding carboxylic acids is 1. The number of hydrogen-bond acceptors (Lipinski definition) is 3. The topological polar surface area (TPSA) is 57.5 Å². The minimum absolute atomic E-state index is 0.340. The van der Waals surface area contributed by atoms with Crippen molar-refractivity contribution in [1.29, 1.82) is 0 Å². The number of allylic oxidation sites excluding steroid dienone is 1. The number of aryl methyl sites for hydroxylation is 2. The van der Waals surface area contributed by atoms with Gasteiger partial charge in [0.1, 0.15) is 0 Å². The van der Waals surface area contributed by atoms with E-state index < -0.39 is 17.3 Å². The van der Waals surface area contributed by atoms with Gasteiger partial charge in [-0.3, -0.25) is 4.79 Å². The summed E-state index contributed by atoms with van der Waals surface area (Å²) in [6.45, 7) is 3.83. The Morgan fingerprint density at radius 3 is 1.60 bits per heavy atom. The molecule has 0 unspecified atom stereocenters. The molecule has 0 bridgehead atoms. The van der Waals surface area contributed by atoms with Crippen molar-refractivity contribution in [3.63, 3.8) is 0 Å². The zero-order valence-corrected chi connectivity index (χ0v) is 11.4. The number of aliphatic hydroxyl groups excluding tert-OH is 2. The van der Waals surface area contributed by atoms with Crippen LogP contribution in [0.2, 0.25) is 0 Å². The summed E-state index contributed by atoms with van der Waals surface area (Å²) in [5.74, 6) is -1.64. The van der Waals surface area contributed by atoms with Gasteiger partial charge in [0.2, 0.25) is 11.5 Å². The van der Waals surface area contributed by atoms with E-state index in [1.165, 1.54) is 0 Å². The van der Waals surface area contributed by atoms with Crippen LogP contribution in [0.3, 0.4) is 0 Å². The molecule has 2 rings (SSSR count). The van der Waals surface area contributed by atoms with Gasteiger partial charge in [-0.15, -0.1) is 0 Å². The zero-order chi connectivity index (χ0) is 14.7. The number of ketones is 1. The molecule has 102 valence electrons. The standard InChI is InChI=1S/C17H16O3/c1-11-3-7-13(8-4-11)15(18)17(20)16(19)14-9-5-12(2)6-10-14/h3-10,18,20H,1-2H3/b17-15+. The molecule has 0 spiro atoms. The predicted octanol–water partition coefficient (Wildman–Crippen LogP) is 3.97. The first kappa shape index (κ1) is 13.9. The van der Waals surface area contributed by atoms with Gasteiger partial charge in [-0.1, -0.05) is 59.7 Å². The Bertz CT molecular complexity index is 650. The maximum Gasteiger partial charge on any atom is 0.231 e. The monoisotopic (exact) mass is 268 g/mol. The summed E-state index contributed by atoms with van der Waals surface area (Å²) in [4.78, 5) is 12.1.